The first-order valence-corrected chi connectivity index (χ1v) is 21.1. The molecule has 1 spiro atoms. The molecule has 0 saturated carbocycles. The van der Waals surface area contributed by atoms with Gasteiger partial charge in [0.15, 0.2) is 5.82 Å². The Balaban J connectivity index is 1.05. The highest BCUT2D eigenvalue weighted by Gasteiger charge is 2.51. The van der Waals surface area contributed by atoms with Gasteiger partial charge in [-0.1, -0.05) is 200 Å². The molecule has 0 radical (unpaired) electrons. The lowest BCUT2D eigenvalue weighted by molar-refractivity contribution is 0.794. The van der Waals surface area contributed by atoms with Gasteiger partial charge in [0.05, 0.1) is 16.8 Å². The Morgan fingerprint density at radius 3 is 1.39 bits per heavy atom. The van der Waals surface area contributed by atoms with E-state index >= 15 is 0 Å². The number of fused-ring (bicyclic) bond motifs is 16. The van der Waals surface area contributed by atoms with Crippen LogP contribution in [0.4, 0.5) is 0 Å². The van der Waals surface area contributed by atoms with Crippen LogP contribution in [0.3, 0.4) is 0 Å². The van der Waals surface area contributed by atoms with Gasteiger partial charge in [0, 0.05) is 16.7 Å². The molecule has 2 aliphatic carbocycles. The molecule has 0 fully saturated rings. The molecule has 1 aromatic heterocycles. The van der Waals surface area contributed by atoms with E-state index in [9.17, 15) is 0 Å². The van der Waals surface area contributed by atoms with Crippen molar-refractivity contribution in [3.05, 3.63) is 241 Å². The molecule has 0 saturated heterocycles. The molecule has 0 atom stereocenters. The third kappa shape index (κ3) is 4.85. The standard InChI is InChI=1S/C59H36N2/c1-3-16-37(17-4-1)55-36-56(61-58(60-55)38-18-5-2-6-19-38)40-31-33-49-50(34-40)43-21-8-7-20-42(43)48-26-15-25-41(57(48)49)39-30-32-47-46-24-11-14-29-53(46)59(54(47)35-39)51-27-12-9-22-44(51)45-23-10-13-28-52(45)59/h1-36H. The minimum atomic E-state index is -0.405. The molecule has 0 unspecified atom stereocenters. The maximum Gasteiger partial charge on any atom is 0.160 e. The van der Waals surface area contributed by atoms with Crippen LogP contribution in [-0.4, -0.2) is 9.97 Å². The summed E-state index contributed by atoms with van der Waals surface area (Å²) in [5.74, 6) is 0.715. The Morgan fingerprint density at radius 1 is 0.262 bits per heavy atom. The maximum absolute atomic E-state index is 5.22. The van der Waals surface area contributed by atoms with Crippen LogP contribution in [0, 0.1) is 0 Å². The first-order valence-electron chi connectivity index (χ1n) is 21.1. The number of benzene rings is 10. The zero-order valence-corrected chi connectivity index (χ0v) is 33.2. The molecule has 10 aromatic carbocycles. The molecule has 0 bridgehead atoms. The highest BCUT2D eigenvalue weighted by Crippen LogP contribution is 2.63. The van der Waals surface area contributed by atoms with Crippen molar-refractivity contribution in [1.29, 1.82) is 0 Å². The van der Waals surface area contributed by atoms with Crippen LogP contribution in [0.15, 0.2) is 218 Å². The second kappa shape index (κ2) is 13.0. The second-order valence-corrected chi connectivity index (χ2v) is 16.4. The van der Waals surface area contributed by atoms with E-state index in [2.05, 4.69) is 194 Å². The smallest absolute Gasteiger partial charge is 0.160 e. The lowest BCUT2D eigenvalue weighted by atomic mass is 9.70. The summed E-state index contributed by atoms with van der Waals surface area (Å²) in [5, 5.41) is 7.42. The van der Waals surface area contributed by atoms with Crippen molar-refractivity contribution < 1.29 is 0 Å². The van der Waals surface area contributed by atoms with E-state index < -0.39 is 5.41 Å². The van der Waals surface area contributed by atoms with Crippen LogP contribution in [0.2, 0.25) is 0 Å². The van der Waals surface area contributed by atoms with Gasteiger partial charge in [-0.3, -0.25) is 0 Å². The normalized spacial score (nSPS) is 13.0. The summed E-state index contributed by atoms with van der Waals surface area (Å²) >= 11 is 0. The van der Waals surface area contributed by atoms with E-state index in [0.717, 1.165) is 28.1 Å². The Hall–Kier alpha value is -7.94. The van der Waals surface area contributed by atoms with Gasteiger partial charge in [-0.25, -0.2) is 9.97 Å². The van der Waals surface area contributed by atoms with Crippen molar-refractivity contribution in [3.8, 4) is 67.3 Å². The van der Waals surface area contributed by atoms with Crippen LogP contribution in [0.5, 0.6) is 0 Å². The predicted octanol–water partition coefficient (Wildman–Crippen LogP) is 14.9. The average molecular weight is 773 g/mol. The Labute approximate surface area is 354 Å². The molecule has 0 amide bonds. The minimum absolute atomic E-state index is 0.405. The Morgan fingerprint density at radius 2 is 0.738 bits per heavy atom. The van der Waals surface area contributed by atoms with E-state index in [1.807, 2.05) is 24.3 Å². The molecule has 0 N–H and O–H groups in total. The molecule has 0 aliphatic heterocycles. The molecule has 282 valence electrons. The van der Waals surface area contributed by atoms with Crippen LogP contribution in [-0.2, 0) is 5.41 Å². The fourth-order valence-electron chi connectivity index (χ4n) is 10.7. The van der Waals surface area contributed by atoms with E-state index in [0.29, 0.717) is 5.82 Å². The highest BCUT2D eigenvalue weighted by molar-refractivity contribution is 6.29. The zero-order chi connectivity index (χ0) is 40.1. The molecular formula is C59H36N2. The number of rotatable bonds is 4. The van der Waals surface area contributed by atoms with Crippen molar-refractivity contribution in [2.24, 2.45) is 0 Å². The SMILES string of the molecule is c1ccc(-c2cc(-c3ccc4c(c3)c3ccccc3c3cccc(-c5ccc6c(c5)C5(c7ccccc7-c7ccccc75)c5ccccc5-6)c34)nc(-c3ccccc3)n2)cc1. The van der Waals surface area contributed by atoms with Crippen molar-refractivity contribution >= 4 is 32.3 Å². The van der Waals surface area contributed by atoms with Gasteiger partial charge < -0.3 is 0 Å². The zero-order valence-electron chi connectivity index (χ0n) is 33.2. The number of nitrogens with zero attached hydrogens (tertiary/aromatic N) is 2. The molecule has 11 aromatic rings. The molecule has 2 heteroatoms. The third-order valence-electron chi connectivity index (χ3n) is 13.3. The minimum Gasteiger partial charge on any atom is -0.228 e. The average Bonchev–Trinajstić information content (AvgIpc) is 3.81. The molecule has 61 heavy (non-hydrogen) atoms. The fraction of sp³-hybridized carbons (Fsp3) is 0.0169. The van der Waals surface area contributed by atoms with Crippen molar-refractivity contribution in [2.75, 3.05) is 0 Å². The first kappa shape index (κ1) is 34.0. The first-order chi connectivity index (χ1) is 30.3. The van der Waals surface area contributed by atoms with Crippen molar-refractivity contribution in [3.63, 3.8) is 0 Å². The summed E-state index contributed by atoms with van der Waals surface area (Å²) in [6.45, 7) is 0. The van der Waals surface area contributed by atoms with Crippen LogP contribution in [0.1, 0.15) is 22.3 Å². The lowest BCUT2D eigenvalue weighted by Gasteiger charge is -2.30. The number of hydrogen-bond donors (Lipinski definition) is 0. The van der Waals surface area contributed by atoms with Gasteiger partial charge in [0.2, 0.25) is 0 Å². The van der Waals surface area contributed by atoms with Gasteiger partial charge in [-0.2, -0.15) is 0 Å². The summed E-state index contributed by atoms with van der Waals surface area (Å²) in [5.41, 5.74) is 17.6. The third-order valence-corrected chi connectivity index (χ3v) is 13.3. The van der Waals surface area contributed by atoms with Gasteiger partial charge in [0.25, 0.3) is 0 Å². The van der Waals surface area contributed by atoms with Gasteiger partial charge in [-0.15, -0.1) is 0 Å². The summed E-state index contributed by atoms with van der Waals surface area (Å²) in [6, 6.07) is 79.9. The number of aromatic nitrogens is 2. The summed E-state index contributed by atoms with van der Waals surface area (Å²) in [4.78, 5) is 10.3. The van der Waals surface area contributed by atoms with E-state index in [1.165, 1.54) is 88.0 Å². The van der Waals surface area contributed by atoms with Gasteiger partial charge in [0.1, 0.15) is 0 Å². The van der Waals surface area contributed by atoms with Gasteiger partial charge in [-0.05, 0) is 106 Å². The Bertz CT molecular complexity index is 3470. The van der Waals surface area contributed by atoms with E-state index in [4.69, 9.17) is 9.97 Å². The molecule has 2 nitrogen and oxygen atoms in total. The summed E-state index contributed by atoms with van der Waals surface area (Å²) in [7, 11) is 0. The monoisotopic (exact) mass is 772 g/mol. The largest absolute Gasteiger partial charge is 0.228 e. The Kier molecular flexibility index (Phi) is 7.26. The molecule has 2 aliphatic rings. The molecule has 1 heterocycles. The van der Waals surface area contributed by atoms with Crippen LogP contribution < -0.4 is 0 Å². The van der Waals surface area contributed by atoms with Gasteiger partial charge >= 0.3 is 0 Å². The summed E-state index contributed by atoms with van der Waals surface area (Å²) < 4.78 is 0. The van der Waals surface area contributed by atoms with Crippen molar-refractivity contribution in [1.82, 2.24) is 9.97 Å². The quantitative estimate of drug-likeness (QED) is 0.167. The van der Waals surface area contributed by atoms with Crippen LogP contribution >= 0.6 is 0 Å². The van der Waals surface area contributed by atoms with E-state index in [1.54, 1.807) is 0 Å². The molecular weight excluding hydrogens is 737 g/mol. The second-order valence-electron chi connectivity index (χ2n) is 16.4. The predicted molar refractivity (Wildman–Crippen MR) is 253 cm³/mol. The van der Waals surface area contributed by atoms with E-state index in [-0.39, 0.29) is 0 Å². The fourth-order valence-corrected chi connectivity index (χ4v) is 10.7. The highest BCUT2D eigenvalue weighted by atomic mass is 14.9. The molecule has 13 rings (SSSR count). The topological polar surface area (TPSA) is 25.8 Å². The lowest BCUT2D eigenvalue weighted by Crippen LogP contribution is -2.25. The van der Waals surface area contributed by atoms with Crippen molar-refractivity contribution in [2.45, 2.75) is 5.41 Å². The van der Waals surface area contributed by atoms with Crippen LogP contribution in [0.25, 0.3) is 99.6 Å². The maximum atomic E-state index is 5.22. The summed E-state index contributed by atoms with van der Waals surface area (Å²) in [6.07, 6.45) is 0. The number of hydrogen-bond acceptors (Lipinski definition) is 2.